The van der Waals surface area contributed by atoms with Gasteiger partial charge in [-0.1, -0.05) is 30.3 Å². The molecule has 7 nitrogen and oxygen atoms in total. The van der Waals surface area contributed by atoms with E-state index in [9.17, 15) is 13.2 Å². The maximum absolute atomic E-state index is 12.5. The molecule has 3 aromatic carbocycles. The number of nitrogens with one attached hydrogen (secondary N) is 2. The highest BCUT2D eigenvalue weighted by Crippen LogP contribution is 2.26. The molecule has 0 spiro atoms. The summed E-state index contributed by atoms with van der Waals surface area (Å²) in [6.07, 6.45) is 1.51. The second kappa shape index (κ2) is 9.82. The Balaban J connectivity index is 1.67. The lowest BCUT2D eigenvalue weighted by Gasteiger charge is -2.10. The minimum absolute atomic E-state index is 0.345. The topological polar surface area (TPSA) is 93.7 Å². The molecule has 2 N–H and O–H groups in total. The molecule has 31 heavy (non-hydrogen) atoms. The van der Waals surface area contributed by atoms with Crippen molar-refractivity contribution >= 4 is 33.4 Å². The van der Waals surface area contributed by atoms with Crippen molar-refractivity contribution in [2.75, 3.05) is 24.3 Å². The van der Waals surface area contributed by atoms with Gasteiger partial charge in [0.05, 0.1) is 19.6 Å². The summed E-state index contributed by atoms with van der Waals surface area (Å²) in [6, 6.07) is 20.3. The number of sulfonamides is 1. The fourth-order valence-electron chi connectivity index (χ4n) is 2.70. The zero-order valence-electron chi connectivity index (χ0n) is 17.0. The summed E-state index contributed by atoms with van der Waals surface area (Å²) >= 11 is 0. The van der Waals surface area contributed by atoms with Gasteiger partial charge in [0.1, 0.15) is 11.5 Å². The lowest BCUT2D eigenvalue weighted by Crippen LogP contribution is -2.13. The molecule has 0 aliphatic carbocycles. The Bertz CT molecular complexity index is 1150. The van der Waals surface area contributed by atoms with Gasteiger partial charge in [0.15, 0.2) is 0 Å². The molecule has 0 saturated carbocycles. The molecular weight excluding hydrogens is 416 g/mol. The van der Waals surface area contributed by atoms with E-state index in [2.05, 4.69) is 10.0 Å². The molecule has 0 aliphatic heterocycles. The molecule has 1 amide bonds. The predicted octanol–water partition coefficient (Wildman–Crippen LogP) is 4.37. The van der Waals surface area contributed by atoms with Crippen molar-refractivity contribution in [1.29, 1.82) is 0 Å². The number of rotatable bonds is 8. The first-order valence-electron chi connectivity index (χ1n) is 9.29. The summed E-state index contributed by atoms with van der Waals surface area (Å²) in [4.78, 5) is 12.5. The standard InChI is InChI=1S/C23H22N2O5S/c1-29-21-14-20(15-22(16-21)30-2)24-23(26)18-8-10-19(11-9-18)25-31(27,28)13-12-17-6-4-3-5-7-17/h3-16,25H,1-2H3,(H,24,26)/b13-12+. The van der Waals surface area contributed by atoms with Gasteiger partial charge >= 0.3 is 0 Å². The number of methoxy groups -OCH3 is 2. The van der Waals surface area contributed by atoms with Gasteiger partial charge in [-0.25, -0.2) is 8.42 Å². The smallest absolute Gasteiger partial charge is 0.255 e. The Morgan fingerprint density at radius 1 is 0.839 bits per heavy atom. The number of amides is 1. The van der Waals surface area contributed by atoms with Gasteiger partial charge in [-0.05, 0) is 35.9 Å². The predicted molar refractivity (Wildman–Crippen MR) is 122 cm³/mol. The molecule has 0 fully saturated rings. The van der Waals surface area contributed by atoms with Crippen molar-refractivity contribution in [3.63, 3.8) is 0 Å². The van der Waals surface area contributed by atoms with E-state index in [4.69, 9.17) is 9.47 Å². The minimum atomic E-state index is -3.69. The molecule has 3 rings (SSSR count). The molecule has 160 valence electrons. The maximum atomic E-state index is 12.5. The van der Waals surface area contributed by atoms with Crippen molar-refractivity contribution in [1.82, 2.24) is 0 Å². The fraction of sp³-hybridized carbons (Fsp3) is 0.0870. The van der Waals surface area contributed by atoms with E-state index in [1.54, 1.807) is 30.3 Å². The number of hydrogen-bond donors (Lipinski definition) is 2. The number of carbonyl (C=O) groups is 1. The number of hydrogen-bond acceptors (Lipinski definition) is 5. The largest absolute Gasteiger partial charge is 0.497 e. The molecule has 0 heterocycles. The van der Waals surface area contributed by atoms with Gasteiger partial charge in [-0.2, -0.15) is 0 Å². The molecule has 0 bridgehead atoms. The molecule has 0 radical (unpaired) electrons. The summed E-state index contributed by atoms with van der Waals surface area (Å²) in [5.74, 6) is 0.736. The van der Waals surface area contributed by atoms with Gasteiger partial charge < -0.3 is 14.8 Å². The summed E-state index contributed by atoms with van der Waals surface area (Å²) in [7, 11) is -0.643. The third-order valence-electron chi connectivity index (χ3n) is 4.26. The van der Waals surface area contributed by atoms with Crippen LogP contribution in [-0.2, 0) is 10.0 Å². The number of carbonyl (C=O) groups excluding carboxylic acids is 1. The number of anilines is 2. The SMILES string of the molecule is COc1cc(NC(=O)c2ccc(NS(=O)(=O)/C=C/c3ccccc3)cc2)cc(OC)c1. The van der Waals surface area contributed by atoms with Crippen LogP contribution in [-0.4, -0.2) is 28.5 Å². The van der Waals surface area contributed by atoms with Crippen LogP contribution >= 0.6 is 0 Å². The van der Waals surface area contributed by atoms with E-state index >= 15 is 0 Å². The van der Waals surface area contributed by atoms with Crippen molar-refractivity contribution in [2.45, 2.75) is 0 Å². The van der Waals surface area contributed by atoms with Crippen LogP contribution in [0.4, 0.5) is 11.4 Å². The summed E-state index contributed by atoms with van der Waals surface area (Å²) in [5.41, 5.74) is 1.99. The van der Waals surface area contributed by atoms with Gasteiger partial charge in [-0.3, -0.25) is 9.52 Å². The third kappa shape index (κ3) is 6.35. The molecule has 3 aromatic rings. The van der Waals surface area contributed by atoms with Crippen LogP contribution in [0.1, 0.15) is 15.9 Å². The summed E-state index contributed by atoms with van der Waals surface area (Å²) < 4.78 is 37.3. The first-order valence-corrected chi connectivity index (χ1v) is 10.8. The van der Waals surface area contributed by atoms with Crippen molar-refractivity contribution in [3.05, 3.63) is 89.3 Å². The van der Waals surface area contributed by atoms with Crippen LogP contribution in [0.3, 0.4) is 0 Å². The molecule has 0 saturated heterocycles. The average molecular weight is 439 g/mol. The van der Waals surface area contributed by atoms with Crippen LogP contribution in [0.15, 0.2) is 78.2 Å². The highest BCUT2D eigenvalue weighted by atomic mass is 32.2. The van der Waals surface area contributed by atoms with E-state index in [1.165, 1.54) is 44.6 Å². The molecule has 8 heteroatoms. The van der Waals surface area contributed by atoms with Crippen LogP contribution in [0.2, 0.25) is 0 Å². The average Bonchev–Trinajstić information content (AvgIpc) is 2.78. The maximum Gasteiger partial charge on any atom is 0.255 e. The van der Waals surface area contributed by atoms with Crippen molar-refractivity contribution < 1.29 is 22.7 Å². The molecular formula is C23H22N2O5S. The highest BCUT2D eigenvalue weighted by molar-refractivity contribution is 7.95. The summed E-state index contributed by atoms with van der Waals surface area (Å²) in [5, 5.41) is 3.86. The quantitative estimate of drug-likeness (QED) is 0.545. The van der Waals surface area contributed by atoms with Crippen LogP contribution in [0.5, 0.6) is 11.5 Å². The van der Waals surface area contributed by atoms with Crippen molar-refractivity contribution in [2.24, 2.45) is 0 Å². The van der Waals surface area contributed by atoms with Gasteiger partial charge in [0.2, 0.25) is 0 Å². The Morgan fingerprint density at radius 2 is 1.45 bits per heavy atom. The van der Waals surface area contributed by atoms with E-state index < -0.39 is 10.0 Å². The normalized spacial score (nSPS) is 11.2. The van der Waals surface area contributed by atoms with E-state index in [0.29, 0.717) is 28.4 Å². The number of benzene rings is 3. The second-order valence-electron chi connectivity index (χ2n) is 6.49. The third-order valence-corrected chi connectivity index (χ3v) is 5.27. The Morgan fingerprint density at radius 3 is 2.03 bits per heavy atom. The van der Waals surface area contributed by atoms with Gasteiger partial charge in [0, 0.05) is 35.1 Å². The monoisotopic (exact) mass is 438 g/mol. The summed E-state index contributed by atoms with van der Waals surface area (Å²) in [6.45, 7) is 0. The zero-order chi connectivity index (χ0) is 22.3. The number of ether oxygens (including phenoxy) is 2. The zero-order valence-corrected chi connectivity index (χ0v) is 17.8. The second-order valence-corrected chi connectivity index (χ2v) is 8.06. The fourth-order valence-corrected chi connectivity index (χ4v) is 3.57. The molecule has 0 aromatic heterocycles. The van der Waals surface area contributed by atoms with E-state index in [-0.39, 0.29) is 5.91 Å². The first kappa shape index (κ1) is 21.9. The Kier molecular flexibility index (Phi) is 6.94. The lowest BCUT2D eigenvalue weighted by atomic mass is 10.2. The lowest BCUT2D eigenvalue weighted by molar-refractivity contribution is 0.102. The first-order chi connectivity index (χ1) is 14.9. The van der Waals surface area contributed by atoms with Crippen LogP contribution in [0, 0.1) is 0 Å². The van der Waals surface area contributed by atoms with Crippen LogP contribution in [0.25, 0.3) is 6.08 Å². The van der Waals surface area contributed by atoms with E-state index in [1.807, 2.05) is 18.2 Å². The van der Waals surface area contributed by atoms with Gasteiger partial charge in [0.25, 0.3) is 15.9 Å². The highest BCUT2D eigenvalue weighted by Gasteiger charge is 2.10. The molecule has 0 atom stereocenters. The molecule has 0 aliphatic rings. The molecule has 0 unspecified atom stereocenters. The van der Waals surface area contributed by atoms with Crippen molar-refractivity contribution in [3.8, 4) is 11.5 Å². The Labute approximate surface area is 181 Å². The van der Waals surface area contributed by atoms with Crippen LogP contribution < -0.4 is 19.5 Å². The minimum Gasteiger partial charge on any atom is -0.497 e. The van der Waals surface area contributed by atoms with E-state index in [0.717, 1.165) is 11.0 Å². The van der Waals surface area contributed by atoms with Gasteiger partial charge in [-0.15, -0.1) is 0 Å². The Hall–Kier alpha value is -3.78.